The number of carbonyl (C=O) groups excluding carboxylic acids is 1. The fraction of sp³-hybridized carbons (Fsp3) is 0.350. The van der Waals surface area contributed by atoms with Gasteiger partial charge < -0.3 is 10.1 Å². The van der Waals surface area contributed by atoms with Crippen LogP contribution in [0.15, 0.2) is 65.6 Å². The topological polar surface area (TPSA) is 38.3 Å². The summed E-state index contributed by atoms with van der Waals surface area (Å²) in [5.41, 5.74) is 1.02. The van der Waals surface area contributed by atoms with E-state index in [2.05, 4.69) is 5.32 Å². The van der Waals surface area contributed by atoms with Crippen LogP contribution in [0.3, 0.4) is 0 Å². The Kier molecular flexibility index (Phi) is 5.94. The molecule has 1 N–H and O–H groups in total. The van der Waals surface area contributed by atoms with Gasteiger partial charge in [0.15, 0.2) is 0 Å². The lowest BCUT2D eigenvalue weighted by molar-refractivity contribution is -0.122. The zero-order valence-electron chi connectivity index (χ0n) is 13.9. The van der Waals surface area contributed by atoms with Gasteiger partial charge in [-0.15, -0.1) is 11.8 Å². The molecule has 0 aliphatic carbocycles. The first-order chi connectivity index (χ1) is 11.7. The van der Waals surface area contributed by atoms with Crippen molar-refractivity contribution in [1.82, 2.24) is 5.32 Å². The quantitative estimate of drug-likeness (QED) is 0.800. The predicted octanol–water partition coefficient (Wildman–Crippen LogP) is 4.20. The summed E-state index contributed by atoms with van der Waals surface area (Å²) in [5, 5.41) is 2.89. The van der Waals surface area contributed by atoms with Crippen LogP contribution in [0.1, 0.15) is 30.6 Å². The molecule has 1 fully saturated rings. The standard InChI is InChI=1S/C20H23NO2S/c1-15(18-13-8-14-23-18)21-20(22)19(16-9-4-2-5-10-16)24-17-11-6-3-7-12-17/h2-7,9-12,15,18-19H,8,13-14H2,1H3,(H,21,22)/t15-,18+,19+/m1/s1. The van der Waals surface area contributed by atoms with Crippen molar-refractivity contribution in [3.05, 3.63) is 66.2 Å². The third-order valence-corrected chi connectivity index (χ3v) is 5.50. The molecule has 0 spiro atoms. The highest BCUT2D eigenvalue weighted by Crippen LogP contribution is 2.35. The molecule has 2 aromatic carbocycles. The molecule has 126 valence electrons. The zero-order valence-corrected chi connectivity index (χ0v) is 14.7. The molecule has 24 heavy (non-hydrogen) atoms. The van der Waals surface area contributed by atoms with Gasteiger partial charge in [0, 0.05) is 11.5 Å². The molecule has 1 saturated heterocycles. The molecule has 0 unspecified atom stereocenters. The Balaban J connectivity index is 1.74. The van der Waals surface area contributed by atoms with Crippen molar-refractivity contribution in [1.29, 1.82) is 0 Å². The number of hydrogen-bond acceptors (Lipinski definition) is 3. The fourth-order valence-corrected chi connectivity index (χ4v) is 3.98. The van der Waals surface area contributed by atoms with Gasteiger partial charge >= 0.3 is 0 Å². The third kappa shape index (κ3) is 4.40. The number of hydrogen-bond donors (Lipinski definition) is 1. The van der Waals surface area contributed by atoms with Crippen LogP contribution in [-0.4, -0.2) is 24.7 Å². The molecule has 0 aromatic heterocycles. The van der Waals surface area contributed by atoms with Crippen LogP contribution in [0, 0.1) is 0 Å². The van der Waals surface area contributed by atoms with Crippen molar-refractivity contribution >= 4 is 17.7 Å². The fourth-order valence-electron chi connectivity index (χ4n) is 2.93. The lowest BCUT2D eigenvalue weighted by Crippen LogP contribution is -2.42. The summed E-state index contributed by atoms with van der Waals surface area (Å²) in [6.45, 7) is 2.83. The van der Waals surface area contributed by atoms with E-state index in [1.165, 1.54) is 0 Å². The molecule has 3 rings (SSSR count). The zero-order chi connectivity index (χ0) is 16.8. The molecule has 1 amide bonds. The van der Waals surface area contributed by atoms with Gasteiger partial charge in [0.25, 0.3) is 0 Å². The van der Waals surface area contributed by atoms with Crippen molar-refractivity contribution in [2.45, 2.75) is 42.1 Å². The van der Waals surface area contributed by atoms with E-state index in [0.29, 0.717) is 0 Å². The lowest BCUT2D eigenvalue weighted by Gasteiger charge is -2.23. The lowest BCUT2D eigenvalue weighted by atomic mass is 10.1. The van der Waals surface area contributed by atoms with E-state index in [1.807, 2.05) is 67.6 Å². The minimum Gasteiger partial charge on any atom is -0.376 e. The maximum atomic E-state index is 12.9. The molecule has 2 aromatic rings. The Morgan fingerprint density at radius 3 is 2.42 bits per heavy atom. The van der Waals surface area contributed by atoms with E-state index < -0.39 is 0 Å². The summed E-state index contributed by atoms with van der Waals surface area (Å²) >= 11 is 1.58. The van der Waals surface area contributed by atoms with Crippen LogP contribution in [0.5, 0.6) is 0 Å². The summed E-state index contributed by atoms with van der Waals surface area (Å²) in [7, 11) is 0. The number of carbonyl (C=O) groups is 1. The van der Waals surface area contributed by atoms with Crippen molar-refractivity contribution < 1.29 is 9.53 Å². The second kappa shape index (κ2) is 8.36. The van der Waals surface area contributed by atoms with E-state index in [1.54, 1.807) is 11.8 Å². The van der Waals surface area contributed by atoms with Gasteiger partial charge in [-0.2, -0.15) is 0 Å². The third-order valence-electron chi connectivity index (χ3n) is 4.23. The number of benzene rings is 2. The van der Waals surface area contributed by atoms with Crippen molar-refractivity contribution in [3.63, 3.8) is 0 Å². The smallest absolute Gasteiger partial charge is 0.238 e. The Bertz CT molecular complexity index is 641. The molecule has 0 radical (unpaired) electrons. The number of thioether (sulfide) groups is 1. The van der Waals surface area contributed by atoms with Gasteiger partial charge in [0.05, 0.1) is 12.1 Å². The van der Waals surface area contributed by atoms with E-state index in [4.69, 9.17) is 4.74 Å². The highest BCUT2D eigenvalue weighted by Gasteiger charge is 2.28. The number of ether oxygens (including phenoxy) is 1. The molecule has 0 bridgehead atoms. The summed E-state index contributed by atoms with van der Waals surface area (Å²) in [4.78, 5) is 14.0. The Morgan fingerprint density at radius 2 is 1.79 bits per heavy atom. The summed E-state index contributed by atoms with van der Waals surface area (Å²) < 4.78 is 5.70. The predicted molar refractivity (Wildman–Crippen MR) is 98.1 cm³/mol. The van der Waals surface area contributed by atoms with Gasteiger partial charge in [-0.05, 0) is 37.5 Å². The summed E-state index contributed by atoms with van der Waals surface area (Å²) in [6.07, 6.45) is 2.22. The molecule has 1 heterocycles. The first-order valence-electron chi connectivity index (χ1n) is 8.42. The SMILES string of the molecule is C[C@@H](NC(=O)[C@@H](Sc1ccccc1)c1ccccc1)[C@@H]1CCCO1. The molecule has 1 aliphatic heterocycles. The molecule has 4 heteroatoms. The minimum absolute atomic E-state index is 0.0302. The average molecular weight is 341 g/mol. The van der Waals surface area contributed by atoms with E-state index in [-0.39, 0.29) is 23.3 Å². The van der Waals surface area contributed by atoms with E-state index in [0.717, 1.165) is 29.9 Å². The van der Waals surface area contributed by atoms with E-state index in [9.17, 15) is 4.79 Å². The minimum atomic E-state index is -0.266. The van der Waals surface area contributed by atoms with Crippen LogP contribution >= 0.6 is 11.8 Å². The van der Waals surface area contributed by atoms with Crippen LogP contribution in [-0.2, 0) is 9.53 Å². The monoisotopic (exact) mass is 341 g/mol. The molecule has 3 atom stereocenters. The highest BCUT2D eigenvalue weighted by atomic mass is 32.2. The molecule has 1 aliphatic rings. The first kappa shape index (κ1) is 17.1. The molecule has 0 saturated carbocycles. The Labute approximate surface area is 147 Å². The van der Waals surface area contributed by atoms with Gasteiger partial charge in [0.1, 0.15) is 5.25 Å². The van der Waals surface area contributed by atoms with Gasteiger partial charge in [-0.1, -0.05) is 48.5 Å². The highest BCUT2D eigenvalue weighted by molar-refractivity contribution is 8.00. The Morgan fingerprint density at radius 1 is 1.12 bits per heavy atom. The first-order valence-corrected chi connectivity index (χ1v) is 9.30. The summed E-state index contributed by atoms with van der Waals surface area (Å²) in [5.74, 6) is 0.0399. The van der Waals surface area contributed by atoms with Gasteiger partial charge in [-0.25, -0.2) is 0 Å². The maximum Gasteiger partial charge on any atom is 0.238 e. The number of amides is 1. The average Bonchev–Trinajstić information content (AvgIpc) is 3.16. The second-order valence-electron chi connectivity index (χ2n) is 6.07. The number of rotatable bonds is 6. The van der Waals surface area contributed by atoms with Crippen LogP contribution in [0.25, 0.3) is 0 Å². The van der Waals surface area contributed by atoms with Crippen molar-refractivity contribution in [2.24, 2.45) is 0 Å². The van der Waals surface area contributed by atoms with E-state index >= 15 is 0 Å². The summed E-state index contributed by atoms with van der Waals surface area (Å²) in [6, 6.07) is 20.0. The van der Waals surface area contributed by atoms with Gasteiger partial charge in [-0.3, -0.25) is 4.79 Å². The van der Waals surface area contributed by atoms with Crippen molar-refractivity contribution in [3.8, 4) is 0 Å². The van der Waals surface area contributed by atoms with Crippen LogP contribution in [0.4, 0.5) is 0 Å². The second-order valence-corrected chi connectivity index (χ2v) is 7.25. The molecule has 3 nitrogen and oxygen atoms in total. The normalized spacial score (nSPS) is 19.6. The largest absolute Gasteiger partial charge is 0.376 e. The van der Waals surface area contributed by atoms with Gasteiger partial charge in [0.2, 0.25) is 5.91 Å². The van der Waals surface area contributed by atoms with Crippen LogP contribution < -0.4 is 5.32 Å². The molecular weight excluding hydrogens is 318 g/mol. The molecular formula is C20H23NO2S. The Hall–Kier alpha value is -1.78. The number of nitrogens with one attached hydrogen (secondary N) is 1. The van der Waals surface area contributed by atoms with Crippen LogP contribution in [0.2, 0.25) is 0 Å². The van der Waals surface area contributed by atoms with Crippen molar-refractivity contribution in [2.75, 3.05) is 6.61 Å². The maximum absolute atomic E-state index is 12.9.